The number of fused-ring (bicyclic) bond motifs is 1. The number of ether oxygens (including phenoxy) is 1. The van der Waals surface area contributed by atoms with Crippen LogP contribution in [0.3, 0.4) is 0 Å². The minimum Gasteiger partial charge on any atom is -0.372 e. The summed E-state index contributed by atoms with van der Waals surface area (Å²) in [5.74, 6) is -0.0749. The Morgan fingerprint density at radius 1 is 1.12 bits per heavy atom. The highest BCUT2D eigenvalue weighted by Gasteiger charge is 2.30. The predicted molar refractivity (Wildman–Crippen MR) is 124 cm³/mol. The molecule has 172 valence electrons. The fraction of sp³-hybridized carbons (Fsp3) is 0.440. The van der Waals surface area contributed by atoms with Crippen LogP contribution in [0.5, 0.6) is 0 Å². The van der Waals surface area contributed by atoms with Crippen molar-refractivity contribution in [3.8, 4) is 5.69 Å². The first-order valence-electron chi connectivity index (χ1n) is 11.6. The van der Waals surface area contributed by atoms with Gasteiger partial charge in [-0.3, -0.25) is 14.7 Å². The van der Waals surface area contributed by atoms with Crippen molar-refractivity contribution in [1.29, 1.82) is 0 Å². The molecule has 5 rings (SSSR count). The van der Waals surface area contributed by atoms with Gasteiger partial charge in [0.2, 0.25) is 0 Å². The molecule has 1 amide bonds. The molecule has 1 saturated heterocycles. The standard InChI is InChI=1S/C25H30N6O2/c1-17-13-30(14-18(2)33-17)25(32)24-19(3)31(28-27-24)23-6-4-5-21-16-29(12-9-22(21)23)15-20-7-10-26-11-8-20/h4-8,10-11,17-18H,9,12-16H2,1-3H3. The van der Waals surface area contributed by atoms with Crippen molar-refractivity contribution < 1.29 is 9.53 Å². The van der Waals surface area contributed by atoms with Gasteiger partial charge in [-0.15, -0.1) is 5.10 Å². The summed E-state index contributed by atoms with van der Waals surface area (Å²) in [5.41, 5.74) is 6.06. The molecular weight excluding hydrogens is 416 g/mol. The molecule has 0 N–H and O–H groups in total. The number of carbonyl (C=O) groups excluding carboxylic acids is 1. The van der Waals surface area contributed by atoms with Crippen molar-refractivity contribution in [2.75, 3.05) is 19.6 Å². The molecule has 2 aromatic heterocycles. The number of pyridine rings is 1. The first kappa shape index (κ1) is 21.7. The molecule has 8 nitrogen and oxygen atoms in total. The zero-order chi connectivity index (χ0) is 22.9. The third-order valence-corrected chi connectivity index (χ3v) is 6.51. The van der Waals surface area contributed by atoms with Crippen molar-refractivity contribution in [3.63, 3.8) is 0 Å². The van der Waals surface area contributed by atoms with E-state index >= 15 is 0 Å². The molecule has 33 heavy (non-hydrogen) atoms. The lowest BCUT2D eigenvalue weighted by molar-refractivity contribution is -0.0587. The van der Waals surface area contributed by atoms with Crippen LogP contribution in [-0.4, -0.2) is 67.5 Å². The van der Waals surface area contributed by atoms with Gasteiger partial charge in [-0.05, 0) is 62.1 Å². The van der Waals surface area contributed by atoms with Gasteiger partial charge in [0.15, 0.2) is 5.69 Å². The fourth-order valence-electron chi connectivity index (χ4n) is 4.98. The van der Waals surface area contributed by atoms with Gasteiger partial charge in [0.25, 0.3) is 5.91 Å². The number of hydrogen-bond acceptors (Lipinski definition) is 6. The van der Waals surface area contributed by atoms with E-state index in [1.54, 1.807) is 0 Å². The van der Waals surface area contributed by atoms with E-state index in [0.717, 1.165) is 37.4 Å². The van der Waals surface area contributed by atoms with E-state index in [1.807, 2.05) is 42.7 Å². The van der Waals surface area contributed by atoms with Gasteiger partial charge in [0, 0.05) is 45.1 Å². The molecule has 2 aliphatic heterocycles. The summed E-state index contributed by atoms with van der Waals surface area (Å²) in [6, 6.07) is 10.5. The predicted octanol–water partition coefficient (Wildman–Crippen LogP) is 2.78. The molecule has 0 aliphatic carbocycles. The quantitative estimate of drug-likeness (QED) is 0.613. The van der Waals surface area contributed by atoms with Crippen LogP contribution in [0.1, 0.15) is 46.7 Å². The lowest BCUT2D eigenvalue weighted by atomic mass is 9.97. The van der Waals surface area contributed by atoms with E-state index in [-0.39, 0.29) is 18.1 Å². The second-order valence-electron chi connectivity index (χ2n) is 9.13. The van der Waals surface area contributed by atoms with Gasteiger partial charge in [-0.2, -0.15) is 0 Å². The number of benzene rings is 1. The van der Waals surface area contributed by atoms with Gasteiger partial charge >= 0.3 is 0 Å². The van der Waals surface area contributed by atoms with Crippen molar-refractivity contribution in [2.45, 2.75) is 52.5 Å². The van der Waals surface area contributed by atoms with Crippen LogP contribution < -0.4 is 0 Å². The van der Waals surface area contributed by atoms with Crippen LogP contribution in [0.4, 0.5) is 0 Å². The van der Waals surface area contributed by atoms with Gasteiger partial charge in [-0.25, -0.2) is 4.68 Å². The maximum atomic E-state index is 13.2. The zero-order valence-corrected chi connectivity index (χ0v) is 19.4. The maximum absolute atomic E-state index is 13.2. The number of hydrogen-bond donors (Lipinski definition) is 0. The molecule has 1 fully saturated rings. The number of nitrogens with zero attached hydrogens (tertiary/aromatic N) is 6. The number of rotatable bonds is 4. The summed E-state index contributed by atoms with van der Waals surface area (Å²) < 4.78 is 7.60. The monoisotopic (exact) mass is 446 g/mol. The molecule has 0 radical (unpaired) electrons. The summed E-state index contributed by atoms with van der Waals surface area (Å²) in [6.07, 6.45) is 4.65. The van der Waals surface area contributed by atoms with Crippen LogP contribution in [0, 0.1) is 6.92 Å². The van der Waals surface area contributed by atoms with Crippen molar-refractivity contribution >= 4 is 5.91 Å². The Bertz CT molecular complexity index is 1140. The molecule has 2 atom stereocenters. The molecule has 3 aromatic rings. The summed E-state index contributed by atoms with van der Waals surface area (Å²) in [5, 5.41) is 8.70. The largest absolute Gasteiger partial charge is 0.372 e. The lowest BCUT2D eigenvalue weighted by Gasteiger charge is -2.35. The second-order valence-corrected chi connectivity index (χ2v) is 9.13. The smallest absolute Gasteiger partial charge is 0.276 e. The lowest BCUT2D eigenvalue weighted by Crippen LogP contribution is -2.48. The molecule has 2 unspecified atom stereocenters. The van der Waals surface area contributed by atoms with Gasteiger partial charge in [0.05, 0.1) is 23.6 Å². The average Bonchev–Trinajstić information content (AvgIpc) is 3.19. The van der Waals surface area contributed by atoms with Gasteiger partial charge in [-0.1, -0.05) is 17.3 Å². The van der Waals surface area contributed by atoms with Gasteiger partial charge < -0.3 is 9.64 Å². The highest BCUT2D eigenvalue weighted by molar-refractivity contribution is 5.93. The number of amides is 1. The topological polar surface area (TPSA) is 76.4 Å². The third-order valence-electron chi connectivity index (χ3n) is 6.51. The Kier molecular flexibility index (Phi) is 5.95. The number of morpholine rings is 1. The van der Waals surface area contributed by atoms with Crippen LogP contribution in [0.15, 0.2) is 42.7 Å². The minimum absolute atomic E-state index is 0.0179. The minimum atomic E-state index is -0.0749. The fourth-order valence-corrected chi connectivity index (χ4v) is 4.98. The molecule has 0 spiro atoms. The van der Waals surface area contributed by atoms with Crippen molar-refractivity contribution in [3.05, 3.63) is 70.8 Å². The Balaban J connectivity index is 1.38. The molecule has 1 aromatic carbocycles. The van der Waals surface area contributed by atoms with E-state index in [1.165, 1.54) is 16.7 Å². The molecule has 0 bridgehead atoms. The summed E-state index contributed by atoms with van der Waals surface area (Å²) in [4.78, 5) is 21.6. The van der Waals surface area contributed by atoms with Crippen LogP contribution in [0.25, 0.3) is 5.69 Å². The maximum Gasteiger partial charge on any atom is 0.276 e. The van der Waals surface area contributed by atoms with Crippen molar-refractivity contribution in [1.82, 2.24) is 29.8 Å². The highest BCUT2D eigenvalue weighted by atomic mass is 16.5. The second kappa shape index (κ2) is 9.03. The number of aromatic nitrogens is 4. The SMILES string of the molecule is Cc1c(C(=O)N2CC(C)OC(C)C2)nnn1-c1cccc2c1CCN(Cc1ccncc1)C2. The van der Waals surface area contributed by atoms with E-state index < -0.39 is 0 Å². The Hall–Kier alpha value is -3.10. The first-order chi connectivity index (χ1) is 16.0. The van der Waals surface area contributed by atoms with Crippen LogP contribution >= 0.6 is 0 Å². The normalized spacial score (nSPS) is 21.1. The first-order valence-corrected chi connectivity index (χ1v) is 11.6. The van der Waals surface area contributed by atoms with E-state index in [4.69, 9.17) is 4.74 Å². The van der Waals surface area contributed by atoms with Crippen LogP contribution in [0.2, 0.25) is 0 Å². The Morgan fingerprint density at radius 2 is 1.88 bits per heavy atom. The molecule has 2 aliphatic rings. The van der Waals surface area contributed by atoms with E-state index in [2.05, 4.69) is 50.5 Å². The zero-order valence-electron chi connectivity index (χ0n) is 19.4. The Labute approximate surface area is 194 Å². The highest BCUT2D eigenvalue weighted by Crippen LogP contribution is 2.27. The molecule has 8 heteroatoms. The third kappa shape index (κ3) is 4.41. The summed E-state index contributed by atoms with van der Waals surface area (Å²) >= 11 is 0. The number of carbonyl (C=O) groups is 1. The molecule has 4 heterocycles. The summed E-state index contributed by atoms with van der Waals surface area (Å²) in [6.45, 7) is 9.82. The average molecular weight is 447 g/mol. The van der Waals surface area contributed by atoms with E-state index in [0.29, 0.717) is 18.8 Å². The van der Waals surface area contributed by atoms with Crippen molar-refractivity contribution in [2.24, 2.45) is 0 Å². The molecular formula is C25H30N6O2. The Morgan fingerprint density at radius 3 is 2.64 bits per heavy atom. The molecule has 0 saturated carbocycles. The van der Waals surface area contributed by atoms with E-state index in [9.17, 15) is 4.79 Å². The summed E-state index contributed by atoms with van der Waals surface area (Å²) in [7, 11) is 0. The van der Waals surface area contributed by atoms with Crippen LogP contribution in [-0.2, 0) is 24.2 Å². The van der Waals surface area contributed by atoms with Gasteiger partial charge in [0.1, 0.15) is 0 Å².